The molecule has 2 N–H and O–H groups in total. The molecule has 1 aliphatic rings. The summed E-state index contributed by atoms with van der Waals surface area (Å²) in [4.78, 5) is 25.6. The van der Waals surface area contributed by atoms with Crippen molar-refractivity contribution < 1.29 is 24.2 Å². The number of alkyl carbamates (subject to hydrolysis) is 1. The number of hydrogen-bond acceptors (Lipinski definition) is 5. The van der Waals surface area contributed by atoms with Gasteiger partial charge in [0.1, 0.15) is 12.2 Å². The van der Waals surface area contributed by atoms with E-state index in [2.05, 4.69) is 5.32 Å². The van der Waals surface area contributed by atoms with Gasteiger partial charge in [0, 0.05) is 19.1 Å². The number of carbonyl (C=O) groups excluding carboxylic acids is 2. The number of ether oxygens (including phenoxy) is 2. The standard InChI is InChI=1S/C19H28N2O5/c1-19(2,3)26-18(24)21-10-9-15(11-16(22)12-21)20-17(23)25-13-14-7-5-4-6-8-14/h4-8,15-16,22H,9-13H2,1-3H3,(H,20,23)/t15-,16-/m1/s1. The Morgan fingerprint density at radius 1 is 1.27 bits per heavy atom. The van der Waals surface area contributed by atoms with Crippen molar-refractivity contribution in [3.8, 4) is 0 Å². The maximum Gasteiger partial charge on any atom is 0.410 e. The number of aliphatic hydroxyl groups is 1. The van der Waals surface area contributed by atoms with Gasteiger partial charge in [-0.3, -0.25) is 0 Å². The van der Waals surface area contributed by atoms with Crippen molar-refractivity contribution in [2.45, 2.75) is 58.0 Å². The summed E-state index contributed by atoms with van der Waals surface area (Å²) < 4.78 is 10.6. The van der Waals surface area contributed by atoms with Gasteiger partial charge in [0.25, 0.3) is 0 Å². The molecular formula is C19H28N2O5. The molecule has 1 saturated heterocycles. The molecule has 0 aromatic heterocycles. The van der Waals surface area contributed by atoms with Crippen LogP contribution in [0.2, 0.25) is 0 Å². The van der Waals surface area contributed by atoms with Gasteiger partial charge in [0.05, 0.1) is 6.10 Å². The third kappa shape index (κ3) is 6.92. The molecule has 7 heteroatoms. The maximum absolute atomic E-state index is 12.2. The van der Waals surface area contributed by atoms with Crippen molar-refractivity contribution >= 4 is 12.2 Å². The van der Waals surface area contributed by atoms with Crippen LogP contribution in [0, 0.1) is 0 Å². The minimum absolute atomic E-state index is 0.186. The number of likely N-dealkylation sites (tertiary alicyclic amines) is 1. The van der Waals surface area contributed by atoms with Crippen LogP contribution in [-0.2, 0) is 16.1 Å². The predicted molar refractivity (Wildman–Crippen MR) is 96.6 cm³/mol. The van der Waals surface area contributed by atoms with Crippen molar-refractivity contribution in [1.29, 1.82) is 0 Å². The number of hydrogen-bond donors (Lipinski definition) is 2. The molecule has 0 bridgehead atoms. The van der Waals surface area contributed by atoms with E-state index in [1.807, 2.05) is 30.3 Å². The van der Waals surface area contributed by atoms with E-state index >= 15 is 0 Å². The van der Waals surface area contributed by atoms with Crippen LogP contribution in [0.3, 0.4) is 0 Å². The first-order chi connectivity index (χ1) is 12.2. The van der Waals surface area contributed by atoms with E-state index in [4.69, 9.17) is 9.47 Å². The number of carbonyl (C=O) groups is 2. The van der Waals surface area contributed by atoms with Crippen molar-refractivity contribution in [3.63, 3.8) is 0 Å². The fraction of sp³-hybridized carbons (Fsp3) is 0.579. The van der Waals surface area contributed by atoms with Crippen LogP contribution in [0.1, 0.15) is 39.2 Å². The fourth-order valence-corrected chi connectivity index (χ4v) is 2.73. The number of aliphatic hydroxyl groups excluding tert-OH is 1. The van der Waals surface area contributed by atoms with E-state index in [-0.39, 0.29) is 19.2 Å². The number of rotatable bonds is 3. The molecule has 1 aromatic rings. The Hall–Kier alpha value is -2.28. The Balaban J connectivity index is 1.82. The second kappa shape index (κ2) is 8.89. The number of amides is 2. The summed E-state index contributed by atoms with van der Waals surface area (Å²) >= 11 is 0. The molecule has 1 aromatic carbocycles. The zero-order valence-electron chi connectivity index (χ0n) is 15.6. The number of benzene rings is 1. The first kappa shape index (κ1) is 20.0. The molecule has 0 spiro atoms. The molecule has 2 rings (SSSR count). The van der Waals surface area contributed by atoms with E-state index in [0.717, 1.165) is 5.56 Å². The molecule has 0 saturated carbocycles. The third-order valence-electron chi connectivity index (χ3n) is 3.92. The van der Waals surface area contributed by atoms with Crippen LogP contribution in [-0.4, -0.2) is 53.0 Å². The van der Waals surface area contributed by atoms with Gasteiger partial charge >= 0.3 is 12.2 Å². The quantitative estimate of drug-likeness (QED) is 0.861. The van der Waals surface area contributed by atoms with Gasteiger partial charge in [0.15, 0.2) is 0 Å². The fourth-order valence-electron chi connectivity index (χ4n) is 2.73. The molecule has 1 fully saturated rings. The largest absolute Gasteiger partial charge is 0.445 e. The highest BCUT2D eigenvalue weighted by Gasteiger charge is 2.29. The number of nitrogens with one attached hydrogen (secondary N) is 1. The van der Waals surface area contributed by atoms with Gasteiger partial charge in [-0.15, -0.1) is 0 Å². The predicted octanol–water partition coefficient (Wildman–Crippen LogP) is 2.67. The first-order valence-corrected chi connectivity index (χ1v) is 8.86. The van der Waals surface area contributed by atoms with Crippen LogP contribution >= 0.6 is 0 Å². The van der Waals surface area contributed by atoms with Crippen LogP contribution in [0.4, 0.5) is 9.59 Å². The van der Waals surface area contributed by atoms with Crippen LogP contribution in [0.15, 0.2) is 30.3 Å². The Morgan fingerprint density at radius 3 is 2.62 bits per heavy atom. The SMILES string of the molecule is CC(C)(C)OC(=O)N1CC[C@@H](NC(=O)OCc2ccccc2)C[C@@H](O)C1. The first-order valence-electron chi connectivity index (χ1n) is 8.86. The molecule has 0 unspecified atom stereocenters. The highest BCUT2D eigenvalue weighted by atomic mass is 16.6. The van der Waals surface area contributed by atoms with Gasteiger partial charge in [0.2, 0.25) is 0 Å². The minimum atomic E-state index is -0.732. The van der Waals surface area contributed by atoms with Crippen molar-refractivity contribution in [3.05, 3.63) is 35.9 Å². The lowest BCUT2D eigenvalue weighted by molar-refractivity contribution is 0.0173. The van der Waals surface area contributed by atoms with E-state index in [0.29, 0.717) is 19.4 Å². The molecule has 1 heterocycles. The topological polar surface area (TPSA) is 88.1 Å². The number of nitrogens with zero attached hydrogens (tertiary/aromatic N) is 1. The average Bonchev–Trinajstić information content (AvgIpc) is 2.74. The lowest BCUT2D eigenvalue weighted by Crippen LogP contribution is -2.40. The van der Waals surface area contributed by atoms with Gasteiger partial charge in [-0.1, -0.05) is 30.3 Å². The highest BCUT2D eigenvalue weighted by Crippen LogP contribution is 2.16. The zero-order chi connectivity index (χ0) is 19.2. The van der Waals surface area contributed by atoms with Crippen LogP contribution in [0.25, 0.3) is 0 Å². The molecular weight excluding hydrogens is 336 g/mol. The lowest BCUT2D eigenvalue weighted by atomic mass is 10.1. The second-order valence-electron chi connectivity index (χ2n) is 7.51. The minimum Gasteiger partial charge on any atom is -0.445 e. The van der Waals surface area contributed by atoms with Gasteiger partial charge in [-0.05, 0) is 39.2 Å². The van der Waals surface area contributed by atoms with Crippen molar-refractivity contribution in [2.24, 2.45) is 0 Å². The Labute approximate surface area is 154 Å². The normalized spacial score (nSPS) is 20.8. The summed E-state index contributed by atoms with van der Waals surface area (Å²) in [5.41, 5.74) is 0.312. The molecule has 7 nitrogen and oxygen atoms in total. The molecule has 0 aliphatic carbocycles. The Morgan fingerprint density at radius 2 is 1.96 bits per heavy atom. The Bertz CT molecular complexity index is 600. The molecule has 2 amide bonds. The van der Waals surface area contributed by atoms with E-state index < -0.39 is 23.9 Å². The molecule has 2 atom stereocenters. The number of β-amino-alcohol motifs (C(OH)–C–C–N with tert-alkyl or cyclic N) is 1. The smallest absolute Gasteiger partial charge is 0.410 e. The van der Waals surface area contributed by atoms with Crippen molar-refractivity contribution in [2.75, 3.05) is 13.1 Å². The summed E-state index contributed by atoms with van der Waals surface area (Å²) in [7, 11) is 0. The molecule has 1 aliphatic heterocycles. The van der Waals surface area contributed by atoms with Crippen LogP contribution < -0.4 is 5.32 Å². The molecule has 26 heavy (non-hydrogen) atoms. The Kier molecular flexibility index (Phi) is 6.85. The summed E-state index contributed by atoms with van der Waals surface area (Å²) in [5.74, 6) is 0. The van der Waals surface area contributed by atoms with Gasteiger partial charge in [-0.2, -0.15) is 0 Å². The summed E-state index contributed by atoms with van der Waals surface area (Å²) in [6.45, 7) is 6.17. The molecule has 144 valence electrons. The van der Waals surface area contributed by atoms with Crippen LogP contribution in [0.5, 0.6) is 0 Å². The van der Waals surface area contributed by atoms with Crippen molar-refractivity contribution in [1.82, 2.24) is 10.2 Å². The summed E-state index contributed by atoms with van der Waals surface area (Å²) in [6, 6.07) is 9.14. The second-order valence-corrected chi connectivity index (χ2v) is 7.51. The summed E-state index contributed by atoms with van der Waals surface area (Å²) in [6.07, 6.45) is -0.832. The average molecular weight is 364 g/mol. The van der Waals surface area contributed by atoms with Gasteiger partial charge < -0.3 is 24.8 Å². The lowest BCUT2D eigenvalue weighted by Gasteiger charge is -2.27. The highest BCUT2D eigenvalue weighted by molar-refractivity contribution is 5.69. The van der Waals surface area contributed by atoms with E-state index in [1.165, 1.54) is 4.90 Å². The maximum atomic E-state index is 12.2. The monoisotopic (exact) mass is 364 g/mol. The zero-order valence-corrected chi connectivity index (χ0v) is 15.6. The van der Waals surface area contributed by atoms with E-state index in [9.17, 15) is 14.7 Å². The summed E-state index contributed by atoms with van der Waals surface area (Å²) in [5, 5.41) is 12.9. The van der Waals surface area contributed by atoms with E-state index in [1.54, 1.807) is 20.8 Å². The van der Waals surface area contributed by atoms with Gasteiger partial charge in [-0.25, -0.2) is 9.59 Å². The third-order valence-corrected chi connectivity index (χ3v) is 3.92. The molecule has 0 radical (unpaired) electrons.